The number of hydrogen-bond donors (Lipinski definition) is 0. The van der Waals surface area contributed by atoms with E-state index in [1.165, 1.54) is 0 Å². The van der Waals surface area contributed by atoms with E-state index in [1.807, 2.05) is 24.3 Å². The normalized spacial score (nSPS) is 9.50. The maximum atomic E-state index is 8.66. The molecule has 0 aliphatic carbocycles. The van der Waals surface area contributed by atoms with Gasteiger partial charge in [0.25, 0.3) is 0 Å². The molecule has 2 rings (SSSR count). The Morgan fingerprint density at radius 1 is 1.00 bits per heavy atom. The van der Waals surface area contributed by atoms with Gasteiger partial charge in [-0.3, -0.25) is 0 Å². The second-order valence-electron chi connectivity index (χ2n) is 3.39. The zero-order valence-electron chi connectivity index (χ0n) is 8.68. The number of nitrogens with zero attached hydrogens (tertiary/aromatic N) is 1. The molecule has 0 bridgehead atoms. The molecule has 0 aromatic heterocycles. The van der Waals surface area contributed by atoms with Crippen LogP contribution < -0.4 is 4.74 Å². The van der Waals surface area contributed by atoms with Gasteiger partial charge in [-0.15, -0.1) is 0 Å². The number of ether oxygens (including phenoxy) is 1. The minimum absolute atomic E-state index is 0.623. The van der Waals surface area contributed by atoms with Crippen LogP contribution in [0.2, 0.25) is 0 Å². The van der Waals surface area contributed by atoms with Crippen LogP contribution >= 0.6 is 0 Å². The molecule has 0 saturated carbocycles. The predicted octanol–water partition coefficient (Wildman–Crippen LogP) is 3.53. The van der Waals surface area contributed by atoms with Crippen LogP contribution in [0.15, 0.2) is 48.5 Å². The summed E-state index contributed by atoms with van der Waals surface area (Å²) in [5.41, 5.74) is 1.53. The smallest absolute Gasteiger partial charge is 0.127 e. The molecule has 0 amide bonds. The van der Waals surface area contributed by atoms with Gasteiger partial charge < -0.3 is 4.74 Å². The van der Waals surface area contributed by atoms with Gasteiger partial charge in [-0.05, 0) is 48.9 Å². The topological polar surface area (TPSA) is 33.0 Å². The second-order valence-corrected chi connectivity index (χ2v) is 3.39. The van der Waals surface area contributed by atoms with E-state index in [2.05, 4.69) is 13.0 Å². The van der Waals surface area contributed by atoms with E-state index < -0.39 is 0 Å². The minimum atomic E-state index is 0.623. The molecule has 0 fully saturated rings. The van der Waals surface area contributed by atoms with Crippen molar-refractivity contribution in [2.24, 2.45) is 0 Å². The van der Waals surface area contributed by atoms with Gasteiger partial charge in [0.05, 0.1) is 11.6 Å². The summed E-state index contributed by atoms with van der Waals surface area (Å²) in [6, 6.07) is 16.6. The van der Waals surface area contributed by atoms with Crippen LogP contribution in [-0.2, 0) is 0 Å². The Hall–Kier alpha value is -2.27. The number of hydrogen-bond acceptors (Lipinski definition) is 2. The van der Waals surface area contributed by atoms with Gasteiger partial charge in [0.15, 0.2) is 0 Å². The third-order valence-electron chi connectivity index (χ3n) is 2.12. The fraction of sp³-hybridized carbons (Fsp3) is 0. The number of rotatable bonds is 2. The monoisotopic (exact) mass is 208 g/mol. The van der Waals surface area contributed by atoms with E-state index >= 15 is 0 Å². The maximum Gasteiger partial charge on any atom is 0.127 e. The van der Waals surface area contributed by atoms with Crippen LogP contribution in [0.4, 0.5) is 0 Å². The molecule has 2 heteroatoms. The van der Waals surface area contributed by atoms with Crippen LogP contribution in [0.5, 0.6) is 11.5 Å². The summed E-state index contributed by atoms with van der Waals surface area (Å²) >= 11 is 0. The number of benzene rings is 2. The summed E-state index contributed by atoms with van der Waals surface area (Å²) in [5.74, 6) is 1.46. The first kappa shape index (κ1) is 10.3. The summed E-state index contributed by atoms with van der Waals surface area (Å²) in [4.78, 5) is 0. The summed E-state index contributed by atoms with van der Waals surface area (Å²) in [5, 5.41) is 8.66. The molecular formula is C14H10NO. The molecule has 16 heavy (non-hydrogen) atoms. The van der Waals surface area contributed by atoms with Gasteiger partial charge in [-0.25, -0.2) is 0 Å². The Balaban J connectivity index is 2.18. The Morgan fingerprint density at radius 3 is 2.38 bits per heavy atom. The first-order chi connectivity index (χ1) is 7.78. The lowest BCUT2D eigenvalue weighted by atomic mass is 10.2. The Bertz CT molecular complexity index is 523. The fourth-order valence-electron chi connectivity index (χ4n) is 1.34. The standard InChI is InChI=1S/C14H10NO/c1-11-3-2-4-14(9-11)16-13-7-5-12(10-15)6-8-13/h2-9H,1H2. The highest BCUT2D eigenvalue weighted by molar-refractivity contribution is 5.38. The van der Waals surface area contributed by atoms with Crippen LogP contribution in [0.1, 0.15) is 11.1 Å². The zero-order chi connectivity index (χ0) is 11.4. The SMILES string of the molecule is [CH2]c1cccc(Oc2ccc(C#N)cc2)c1. The number of nitriles is 1. The van der Waals surface area contributed by atoms with Crippen molar-refractivity contribution in [3.05, 3.63) is 66.6 Å². The van der Waals surface area contributed by atoms with Gasteiger partial charge in [-0.1, -0.05) is 12.1 Å². The van der Waals surface area contributed by atoms with Crippen molar-refractivity contribution < 1.29 is 4.74 Å². The lowest BCUT2D eigenvalue weighted by molar-refractivity contribution is 0.482. The second kappa shape index (κ2) is 4.50. The summed E-state index contributed by atoms with van der Waals surface area (Å²) in [6.07, 6.45) is 0. The van der Waals surface area contributed by atoms with E-state index in [4.69, 9.17) is 10.00 Å². The van der Waals surface area contributed by atoms with Crippen molar-refractivity contribution in [2.45, 2.75) is 0 Å². The van der Waals surface area contributed by atoms with E-state index in [0.29, 0.717) is 11.3 Å². The molecule has 0 spiro atoms. The van der Waals surface area contributed by atoms with E-state index in [-0.39, 0.29) is 0 Å². The fourth-order valence-corrected chi connectivity index (χ4v) is 1.34. The first-order valence-corrected chi connectivity index (χ1v) is 4.88. The molecule has 0 unspecified atom stereocenters. The molecule has 0 aliphatic rings. The molecule has 0 aliphatic heterocycles. The van der Waals surface area contributed by atoms with Gasteiger partial charge in [-0.2, -0.15) is 5.26 Å². The van der Waals surface area contributed by atoms with E-state index in [1.54, 1.807) is 24.3 Å². The van der Waals surface area contributed by atoms with Gasteiger partial charge in [0.2, 0.25) is 0 Å². The van der Waals surface area contributed by atoms with Crippen LogP contribution in [0.25, 0.3) is 0 Å². The van der Waals surface area contributed by atoms with Gasteiger partial charge in [0, 0.05) is 0 Å². The van der Waals surface area contributed by atoms with Crippen LogP contribution in [-0.4, -0.2) is 0 Å². The molecule has 2 nitrogen and oxygen atoms in total. The molecule has 77 valence electrons. The Labute approximate surface area is 94.7 Å². The lowest BCUT2D eigenvalue weighted by Gasteiger charge is -2.05. The summed E-state index contributed by atoms with van der Waals surface area (Å²) < 4.78 is 5.61. The maximum absolute atomic E-state index is 8.66. The lowest BCUT2D eigenvalue weighted by Crippen LogP contribution is -1.84. The third kappa shape index (κ3) is 2.40. The molecule has 0 saturated heterocycles. The van der Waals surface area contributed by atoms with Crippen molar-refractivity contribution in [2.75, 3.05) is 0 Å². The van der Waals surface area contributed by atoms with Crippen LogP contribution in [0.3, 0.4) is 0 Å². The predicted molar refractivity (Wildman–Crippen MR) is 62.1 cm³/mol. The van der Waals surface area contributed by atoms with Gasteiger partial charge in [0.1, 0.15) is 11.5 Å². The Kier molecular flexibility index (Phi) is 2.88. The summed E-state index contributed by atoms with van der Waals surface area (Å²) in [6.45, 7) is 3.83. The van der Waals surface area contributed by atoms with Gasteiger partial charge >= 0.3 is 0 Å². The average Bonchev–Trinajstić information content (AvgIpc) is 2.30. The highest BCUT2D eigenvalue weighted by Crippen LogP contribution is 2.22. The Morgan fingerprint density at radius 2 is 1.75 bits per heavy atom. The molecule has 0 atom stereocenters. The molecule has 0 N–H and O–H groups in total. The van der Waals surface area contributed by atoms with Crippen molar-refractivity contribution in [1.29, 1.82) is 5.26 Å². The highest BCUT2D eigenvalue weighted by Gasteiger charge is 1.97. The summed E-state index contributed by atoms with van der Waals surface area (Å²) in [7, 11) is 0. The first-order valence-electron chi connectivity index (χ1n) is 4.88. The minimum Gasteiger partial charge on any atom is -0.457 e. The third-order valence-corrected chi connectivity index (χ3v) is 2.12. The molecular weight excluding hydrogens is 198 g/mol. The quantitative estimate of drug-likeness (QED) is 0.756. The molecule has 1 radical (unpaired) electrons. The highest BCUT2D eigenvalue weighted by atomic mass is 16.5. The molecule has 0 heterocycles. The van der Waals surface area contributed by atoms with E-state index in [0.717, 1.165) is 11.3 Å². The average molecular weight is 208 g/mol. The van der Waals surface area contributed by atoms with Crippen LogP contribution in [0, 0.1) is 18.3 Å². The van der Waals surface area contributed by atoms with E-state index in [9.17, 15) is 0 Å². The molecule has 2 aromatic rings. The van der Waals surface area contributed by atoms with Crippen molar-refractivity contribution >= 4 is 0 Å². The molecule has 2 aromatic carbocycles. The van der Waals surface area contributed by atoms with Crippen molar-refractivity contribution in [3.8, 4) is 17.6 Å². The largest absolute Gasteiger partial charge is 0.457 e. The zero-order valence-corrected chi connectivity index (χ0v) is 8.68. The van der Waals surface area contributed by atoms with Crippen molar-refractivity contribution in [3.63, 3.8) is 0 Å². The van der Waals surface area contributed by atoms with Crippen molar-refractivity contribution in [1.82, 2.24) is 0 Å².